The van der Waals surface area contributed by atoms with Crippen LogP contribution in [-0.2, 0) is 39.9 Å². The van der Waals surface area contributed by atoms with E-state index in [4.69, 9.17) is 23.7 Å². The Morgan fingerprint density at radius 2 is 1.88 bits per heavy atom. The molecule has 7 atom stereocenters. The lowest BCUT2D eigenvalue weighted by molar-refractivity contribution is -0.757. The van der Waals surface area contributed by atoms with Crippen LogP contribution in [0, 0.1) is 22.0 Å². The van der Waals surface area contributed by atoms with Crippen molar-refractivity contribution in [3.05, 3.63) is 45.5 Å². The summed E-state index contributed by atoms with van der Waals surface area (Å²) in [5.41, 5.74) is 2.05. The number of carbonyl (C=O) groups excluding carboxylic acids is 1. The SMILES string of the molecule is CCOCC(C)COCc1ccc(C2C(O)CN(C(=O)CCCCCO[N+](=O)[O-])CC2OCC2CCC3OCCN(CCCOC)C3C2)cc1. The highest BCUT2D eigenvalue weighted by atomic mass is 16.9. The van der Waals surface area contributed by atoms with Gasteiger partial charge in [0, 0.05) is 77.4 Å². The lowest BCUT2D eigenvalue weighted by atomic mass is 9.81. The molecule has 4 rings (SSSR count). The Kier molecular flexibility index (Phi) is 17.6. The van der Waals surface area contributed by atoms with Gasteiger partial charge in [0.2, 0.25) is 5.91 Å². The van der Waals surface area contributed by atoms with E-state index in [9.17, 15) is 20.0 Å². The molecule has 1 aromatic carbocycles. The van der Waals surface area contributed by atoms with Gasteiger partial charge >= 0.3 is 0 Å². The van der Waals surface area contributed by atoms with E-state index in [1.54, 1.807) is 12.0 Å². The van der Waals surface area contributed by atoms with E-state index in [0.717, 1.165) is 63.1 Å². The number of piperidine rings is 1. The third kappa shape index (κ3) is 13.0. The standard InChI is InChI=1S/C37H61N3O10/c1-4-46-24-28(2)25-47-26-29-10-13-31(14-11-29)37-33(41)22-39(36(42)9-6-5-7-19-50-40(43)44)23-35(37)49-27-30-12-15-34-32(21-30)38(17-20-48-34)16-8-18-45-3/h10-11,13-14,28,30,32-35,37,41H,4-9,12,15-27H2,1-3H3. The topological polar surface area (TPSA) is 142 Å². The number of benzene rings is 1. The van der Waals surface area contributed by atoms with Crippen LogP contribution < -0.4 is 0 Å². The molecule has 50 heavy (non-hydrogen) atoms. The number of aliphatic hydroxyl groups is 1. The number of methoxy groups -OCH3 is 1. The Morgan fingerprint density at radius 3 is 2.64 bits per heavy atom. The predicted molar refractivity (Wildman–Crippen MR) is 187 cm³/mol. The molecule has 0 aromatic heterocycles. The summed E-state index contributed by atoms with van der Waals surface area (Å²) in [4.78, 5) is 32.4. The number of hydrogen-bond donors (Lipinski definition) is 1. The number of nitrogens with zero attached hydrogens (tertiary/aromatic N) is 3. The molecule has 1 amide bonds. The average Bonchev–Trinajstić information content (AvgIpc) is 3.11. The molecule has 1 aliphatic carbocycles. The number of unbranched alkanes of at least 4 members (excludes halogenated alkanes) is 2. The van der Waals surface area contributed by atoms with Crippen molar-refractivity contribution in [3.63, 3.8) is 0 Å². The summed E-state index contributed by atoms with van der Waals surface area (Å²) in [6, 6.07) is 8.57. The number of ether oxygens (including phenoxy) is 5. The van der Waals surface area contributed by atoms with Crippen LogP contribution in [0.5, 0.6) is 0 Å². The number of likely N-dealkylation sites (tertiary alicyclic amines) is 1. The van der Waals surface area contributed by atoms with Crippen molar-refractivity contribution in [3.8, 4) is 0 Å². The third-order valence-corrected chi connectivity index (χ3v) is 10.2. The summed E-state index contributed by atoms with van der Waals surface area (Å²) in [5.74, 6) is 0.360. The largest absolute Gasteiger partial charge is 0.391 e. The van der Waals surface area contributed by atoms with E-state index < -0.39 is 11.2 Å². The van der Waals surface area contributed by atoms with Gasteiger partial charge in [0.05, 0.1) is 51.3 Å². The highest BCUT2D eigenvalue weighted by Gasteiger charge is 2.41. The molecule has 13 heteroatoms. The zero-order valence-corrected chi connectivity index (χ0v) is 30.5. The van der Waals surface area contributed by atoms with Gasteiger partial charge in [0.15, 0.2) is 0 Å². The van der Waals surface area contributed by atoms with Crippen molar-refractivity contribution < 1.29 is 43.5 Å². The van der Waals surface area contributed by atoms with E-state index in [0.29, 0.717) is 83.1 Å². The highest BCUT2D eigenvalue weighted by Crippen LogP contribution is 2.36. The third-order valence-electron chi connectivity index (χ3n) is 10.2. The molecule has 0 spiro atoms. The second-order valence-electron chi connectivity index (χ2n) is 14.2. The van der Waals surface area contributed by atoms with Gasteiger partial charge in [-0.25, -0.2) is 0 Å². The molecule has 1 saturated carbocycles. The van der Waals surface area contributed by atoms with Gasteiger partial charge in [-0.15, -0.1) is 10.1 Å². The molecule has 3 aliphatic rings. The molecule has 2 aliphatic heterocycles. The molecule has 3 fully saturated rings. The minimum Gasteiger partial charge on any atom is -0.391 e. The molecule has 0 bridgehead atoms. The van der Waals surface area contributed by atoms with E-state index in [-0.39, 0.29) is 37.2 Å². The van der Waals surface area contributed by atoms with Gasteiger partial charge in [0.25, 0.3) is 5.09 Å². The molecule has 7 unspecified atom stereocenters. The maximum Gasteiger partial charge on any atom is 0.294 e. The van der Waals surface area contributed by atoms with Crippen LogP contribution in [0.25, 0.3) is 0 Å². The maximum atomic E-state index is 13.3. The first kappa shape index (κ1) is 40.4. The molecule has 1 N–H and O–H groups in total. The number of amides is 1. The molecule has 1 aromatic rings. The van der Waals surface area contributed by atoms with E-state index in [2.05, 4.69) is 40.9 Å². The Morgan fingerprint density at radius 1 is 1.08 bits per heavy atom. The summed E-state index contributed by atoms with van der Waals surface area (Å²) in [6.45, 7) is 11.3. The molecular weight excluding hydrogens is 646 g/mol. The molecule has 2 heterocycles. The van der Waals surface area contributed by atoms with Gasteiger partial charge in [0.1, 0.15) is 0 Å². The minimum absolute atomic E-state index is 0.0268. The first-order chi connectivity index (χ1) is 24.3. The second-order valence-corrected chi connectivity index (χ2v) is 14.2. The Labute approximate surface area is 297 Å². The Balaban J connectivity index is 1.38. The quantitative estimate of drug-likeness (QED) is 0.105. The second kappa shape index (κ2) is 21.9. The first-order valence-corrected chi connectivity index (χ1v) is 18.7. The summed E-state index contributed by atoms with van der Waals surface area (Å²) in [5, 5.41) is 21.2. The smallest absolute Gasteiger partial charge is 0.294 e. The van der Waals surface area contributed by atoms with Gasteiger partial charge in [-0.2, -0.15) is 0 Å². The molecule has 0 radical (unpaired) electrons. The Bertz CT molecular complexity index is 1130. The highest BCUT2D eigenvalue weighted by molar-refractivity contribution is 5.76. The van der Waals surface area contributed by atoms with Crippen LogP contribution in [-0.4, -0.2) is 130 Å². The summed E-state index contributed by atoms with van der Waals surface area (Å²) in [6.07, 6.45) is 5.19. The summed E-state index contributed by atoms with van der Waals surface area (Å²) in [7, 11) is 1.74. The van der Waals surface area contributed by atoms with E-state index >= 15 is 0 Å². The lowest BCUT2D eigenvalue weighted by Crippen LogP contribution is -2.55. The fourth-order valence-corrected chi connectivity index (χ4v) is 7.59. The fraction of sp³-hybridized carbons (Fsp3) is 0.811. The van der Waals surface area contributed by atoms with Gasteiger partial charge in [-0.05, 0) is 62.5 Å². The zero-order valence-electron chi connectivity index (χ0n) is 30.5. The number of fused-ring (bicyclic) bond motifs is 1. The molecular formula is C37H61N3O10. The van der Waals surface area contributed by atoms with E-state index in [1.165, 1.54) is 0 Å². The van der Waals surface area contributed by atoms with Crippen LogP contribution in [0.15, 0.2) is 24.3 Å². The summed E-state index contributed by atoms with van der Waals surface area (Å²) < 4.78 is 29.6. The molecule has 13 nitrogen and oxygen atoms in total. The normalized spacial score (nSPS) is 26.4. The van der Waals surface area contributed by atoms with Crippen molar-refractivity contribution in [2.24, 2.45) is 11.8 Å². The van der Waals surface area contributed by atoms with Crippen molar-refractivity contribution in [1.29, 1.82) is 0 Å². The number of aliphatic hydroxyl groups excluding tert-OH is 1. The maximum absolute atomic E-state index is 13.3. The number of carbonyl (C=O) groups is 1. The Hall–Kier alpha value is -2.39. The molecule has 284 valence electrons. The number of hydrogen-bond acceptors (Lipinski definition) is 11. The zero-order chi connectivity index (χ0) is 35.7. The molecule has 2 saturated heterocycles. The van der Waals surface area contributed by atoms with Crippen LogP contribution in [0.2, 0.25) is 0 Å². The van der Waals surface area contributed by atoms with Crippen LogP contribution in [0.4, 0.5) is 0 Å². The van der Waals surface area contributed by atoms with Crippen molar-refractivity contribution >= 4 is 5.91 Å². The summed E-state index contributed by atoms with van der Waals surface area (Å²) >= 11 is 0. The number of rotatable bonds is 22. The van der Waals surface area contributed by atoms with Crippen molar-refractivity contribution in [1.82, 2.24) is 9.80 Å². The van der Waals surface area contributed by atoms with E-state index in [1.807, 2.05) is 6.92 Å². The van der Waals surface area contributed by atoms with Crippen molar-refractivity contribution in [2.75, 3.05) is 79.5 Å². The lowest BCUT2D eigenvalue weighted by Gasteiger charge is -2.47. The number of β-amino-alcohol motifs (C(OH)–C–C–N with tert-alkyl or cyclic N) is 1. The van der Waals surface area contributed by atoms with Gasteiger partial charge < -0.3 is 38.5 Å². The minimum atomic E-state index is -0.794. The van der Waals surface area contributed by atoms with Crippen LogP contribution in [0.3, 0.4) is 0 Å². The predicted octanol–water partition coefficient (Wildman–Crippen LogP) is 4.22. The van der Waals surface area contributed by atoms with Gasteiger partial charge in [-0.3, -0.25) is 9.69 Å². The van der Waals surface area contributed by atoms with Gasteiger partial charge in [-0.1, -0.05) is 37.6 Å². The average molecular weight is 708 g/mol. The fourth-order valence-electron chi connectivity index (χ4n) is 7.59. The first-order valence-electron chi connectivity index (χ1n) is 18.7. The van der Waals surface area contributed by atoms with Crippen LogP contribution in [0.1, 0.15) is 82.3 Å². The van der Waals surface area contributed by atoms with Crippen molar-refractivity contribution in [2.45, 2.75) is 102 Å². The monoisotopic (exact) mass is 707 g/mol. The number of morpholine rings is 1. The van der Waals surface area contributed by atoms with Crippen LogP contribution >= 0.6 is 0 Å².